The molecule has 1 heterocycles. The Morgan fingerprint density at radius 1 is 1.41 bits per heavy atom. The molecule has 4 nitrogen and oxygen atoms in total. The van der Waals surface area contributed by atoms with Gasteiger partial charge in [0, 0.05) is 6.42 Å². The molecule has 0 spiro atoms. The Hall–Kier alpha value is -1.84. The summed E-state index contributed by atoms with van der Waals surface area (Å²) in [6.45, 7) is 2.35. The molecule has 17 heavy (non-hydrogen) atoms. The molecular formula is C13H17N2O2+. The molecule has 0 aliphatic heterocycles. The molecule has 0 N–H and O–H groups in total. The van der Waals surface area contributed by atoms with E-state index in [0.29, 0.717) is 0 Å². The van der Waals surface area contributed by atoms with Crippen LogP contribution in [0, 0.1) is 0 Å². The molecule has 0 aliphatic carbocycles. The first-order valence-electron chi connectivity index (χ1n) is 5.72. The van der Waals surface area contributed by atoms with Crippen molar-refractivity contribution in [2.24, 2.45) is 7.05 Å². The lowest BCUT2D eigenvalue weighted by Gasteiger charge is -2.00. The summed E-state index contributed by atoms with van der Waals surface area (Å²) >= 11 is 0. The second-order valence-corrected chi connectivity index (χ2v) is 3.98. The molecule has 0 bridgehead atoms. The van der Waals surface area contributed by atoms with Gasteiger partial charge in [0.2, 0.25) is 0 Å². The maximum absolute atomic E-state index is 11.4. The maximum atomic E-state index is 11.4. The fraction of sp³-hybridized carbons (Fsp3) is 0.385. The van der Waals surface area contributed by atoms with E-state index in [4.69, 9.17) is 4.74 Å². The van der Waals surface area contributed by atoms with Crippen molar-refractivity contribution in [1.29, 1.82) is 0 Å². The molecule has 1 aromatic carbocycles. The predicted molar refractivity (Wildman–Crippen MR) is 64.5 cm³/mol. The predicted octanol–water partition coefficient (Wildman–Crippen LogP) is 1.20. The highest BCUT2D eigenvalue weighted by atomic mass is 16.5. The van der Waals surface area contributed by atoms with E-state index < -0.39 is 0 Å². The zero-order valence-electron chi connectivity index (χ0n) is 10.4. The van der Waals surface area contributed by atoms with Gasteiger partial charge in [0.25, 0.3) is 5.82 Å². The van der Waals surface area contributed by atoms with Crippen molar-refractivity contribution in [3.63, 3.8) is 0 Å². The molecule has 1 aromatic heterocycles. The first-order valence-corrected chi connectivity index (χ1v) is 5.72. The number of esters is 1. The summed E-state index contributed by atoms with van der Waals surface area (Å²) in [5, 5.41) is 0. The third-order valence-corrected chi connectivity index (χ3v) is 3.06. The minimum absolute atomic E-state index is 0.221. The second-order valence-electron chi connectivity index (χ2n) is 3.98. The lowest BCUT2D eigenvalue weighted by atomic mass is 10.3. The Bertz CT molecular complexity index is 558. The van der Waals surface area contributed by atoms with Crippen molar-refractivity contribution in [3.05, 3.63) is 30.1 Å². The Morgan fingerprint density at radius 3 is 2.76 bits per heavy atom. The SMILES string of the molecule is CCc1n(CC(=O)OC)c2ccccc2[n+]1C. The van der Waals surface area contributed by atoms with Crippen molar-refractivity contribution < 1.29 is 14.1 Å². The van der Waals surface area contributed by atoms with Gasteiger partial charge in [-0.25, -0.2) is 13.9 Å². The fourth-order valence-corrected chi connectivity index (χ4v) is 2.23. The minimum atomic E-state index is -0.221. The highest BCUT2D eigenvalue weighted by molar-refractivity contribution is 5.76. The van der Waals surface area contributed by atoms with Gasteiger partial charge in [0.15, 0.2) is 17.6 Å². The van der Waals surface area contributed by atoms with Crippen molar-refractivity contribution in [2.45, 2.75) is 19.9 Å². The second kappa shape index (κ2) is 4.57. The average molecular weight is 233 g/mol. The normalized spacial score (nSPS) is 10.8. The van der Waals surface area contributed by atoms with Crippen LogP contribution in [0.15, 0.2) is 24.3 Å². The summed E-state index contributed by atoms with van der Waals surface area (Å²) in [4.78, 5) is 11.4. The molecule has 0 radical (unpaired) electrons. The van der Waals surface area contributed by atoms with E-state index in [1.54, 1.807) is 0 Å². The Balaban J connectivity index is 2.62. The van der Waals surface area contributed by atoms with Crippen molar-refractivity contribution in [3.8, 4) is 0 Å². The quantitative estimate of drug-likeness (QED) is 0.590. The van der Waals surface area contributed by atoms with E-state index >= 15 is 0 Å². The van der Waals surface area contributed by atoms with Crippen molar-refractivity contribution in [1.82, 2.24) is 4.57 Å². The number of carbonyl (C=O) groups is 1. The number of aromatic nitrogens is 2. The Morgan fingerprint density at radius 2 is 2.12 bits per heavy atom. The van der Waals surface area contributed by atoms with Gasteiger partial charge in [-0.05, 0) is 12.1 Å². The number of hydrogen-bond acceptors (Lipinski definition) is 2. The lowest BCUT2D eigenvalue weighted by Crippen LogP contribution is -2.33. The molecule has 0 atom stereocenters. The lowest BCUT2D eigenvalue weighted by molar-refractivity contribution is -0.653. The standard InChI is InChI=1S/C13H17N2O2/c1-4-12-14(2)10-7-5-6-8-11(10)15(12)9-13(16)17-3/h5-8H,4,9H2,1-3H3/q+1. The first kappa shape index (κ1) is 11.6. The van der Waals surface area contributed by atoms with Crippen LogP contribution in [0.1, 0.15) is 12.7 Å². The molecule has 0 saturated carbocycles. The third-order valence-electron chi connectivity index (χ3n) is 3.06. The number of ether oxygens (including phenoxy) is 1. The van der Waals surface area contributed by atoms with Crippen molar-refractivity contribution >= 4 is 17.0 Å². The van der Waals surface area contributed by atoms with Crippen LogP contribution in [0.4, 0.5) is 0 Å². The molecule has 2 aromatic rings. The van der Waals surface area contributed by atoms with Gasteiger partial charge in [0.1, 0.15) is 0 Å². The molecule has 2 rings (SSSR count). The van der Waals surface area contributed by atoms with E-state index in [9.17, 15) is 4.79 Å². The molecule has 0 saturated heterocycles. The number of rotatable bonds is 3. The van der Waals surface area contributed by atoms with Crippen LogP contribution in [0.25, 0.3) is 11.0 Å². The molecule has 0 fully saturated rings. The largest absolute Gasteiger partial charge is 0.466 e. The molecule has 0 amide bonds. The van der Waals surface area contributed by atoms with Crippen LogP contribution in [0.5, 0.6) is 0 Å². The van der Waals surface area contributed by atoms with E-state index in [2.05, 4.69) is 17.6 Å². The molecule has 0 unspecified atom stereocenters. The monoisotopic (exact) mass is 233 g/mol. The number of imidazole rings is 1. The van der Waals surface area contributed by atoms with Gasteiger partial charge in [-0.3, -0.25) is 0 Å². The number of nitrogens with zero attached hydrogens (tertiary/aromatic N) is 2. The molecular weight excluding hydrogens is 216 g/mol. The summed E-state index contributed by atoms with van der Waals surface area (Å²) in [6, 6.07) is 8.07. The number of aryl methyl sites for hydroxylation is 1. The molecule has 4 heteroatoms. The van der Waals surface area contributed by atoms with E-state index in [1.165, 1.54) is 7.11 Å². The van der Waals surface area contributed by atoms with E-state index in [0.717, 1.165) is 23.3 Å². The molecule has 0 aliphatic rings. The number of para-hydroxylation sites is 2. The van der Waals surface area contributed by atoms with Gasteiger partial charge in [-0.2, -0.15) is 0 Å². The number of methoxy groups -OCH3 is 1. The van der Waals surface area contributed by atoms with Gasteiger partial charge in [-0.15, -0.1) is 0 Å². The number of fused-ring (bicyclic) bond motifs is 1. The zero-order chi connectivity index (χ0) is 12.4. The smallest absolute Gasteiger partial charge is 0.348 e. The third kappa shape index (κ3) is 1.90. The topological polar surface area (TPSA) is 35.1 Å². The summed E-state index contributed by atoms with van der Waals surface area (Å²) < 4.78 is 8.88. The summed E-state index contributed by atoms with van der Waals surface area (Å²) in [5.74, 6) is 0.901. The Kier molecular flexibility index (Phi) is 3.13. The van der Waals surface area contributed by atoms with Crippen LogP contribution in [-0.2, 0) is 29.5 Å². The zero-order valence-corrected chi connectivity index (χ0v) is 10.4. The van der Waals surface area contributed by atoms with Crippen molar-refractivity contribution in [2.75, 3.05) is 7.11 Å². The molecule has 90 valence electrons. The summed E-state index contributed by atoms with van der Waals surface area (Å²) in [6.07, 6.45) is 0.877. The number of benzene rings is 1. The number of carbonyl (C=O) groups excluding carboxylic acids is 1. The van der Waals surface area contributed by atoms with Crippen LogP contribution in [-0.4, -0.2) is 17.6 Å². The summed E-state index contributed by atoms with van der Waals surface area (Å²) in [7, 11) is 3.44. The fourth-order valence-electron chi connectivity index (χ4n) is 2.23. The number of hydrogen-bond donors (Lipinski definition) is 0. The first-order chi connectivity index (χ1) is 8.19. The van der Waals surface area contributed by atoms with Crippen LogP contribution in [0.2, 0.25) is 0 Å². The van der Waals surface area contributed by atoms with Crippen LogP contribution < -0.4 is 4.57 Å². The maximum Gasteiger partial charge on any atom is 0.348 e. The minimum Gasteiger partial charge on any atom is -0.466 e. The van der Waals surface area contributed by atoms with Gasteiger partial charge < -0.3 is 4.74 Å². The van der Waals surface area contributed by atoms with Crippen LogP contribution >= 0.6 is 0 Å². The average Bonchev–Trinajstić information content (AvgIpc) is 2.63. The highest BCUT2D eigenvalue weighted by Gasteiger charge is 2.22. The highest BCUT2D eigenvalue weighted by Crippen LogP contribution is 2.14. The van der Waals surface area contributed by atoms with Gasteiger partial charge in [-0.1, -0.05) is 19.1 Å². The van der Waals surface area contributed by atoms with Gasteiger partial charge in [0.05, 0.1) is 14.2 Å². The van der Waals surface area contributed by atoms with Crippen LogP contribution in [0.3, 0.4) is 0 Å². The Labute approximate surface area is 100 Å². The summed E-state index contributed by atoms with van der Waals surface area (Å²) in [5.41, 5.74) is 2.20. The van der Waals surface area contributed by atoms with Gasteiger partial charge >= 0.3 is 5.97 Å². The van der Waals surface area contributed by atoms with E-state index in [-0.39, 0.29) is 12.5 Å². The van der Waals surface area contributed by atoms with E-state index in [1.807, 2.05) is 29.8 Å².